The SMILES string of the molecule is Cn1ccnc1SCc1ccc(C(=O)NCC2(c3ccccc3)CCC2)o1. The van der Waals surface area contributed by atoms with E-state index in [0.717, 1.165) is 23.8 Å². The van der Waals surface area contributed by atoms with Crippen molar-refractivity contribution in [2.45, 2.75) is 35.6 Å². The van der Waals surface area contributed by atoms with Crippen LogP contribution in [-0.4, -0.2) is 22.0 Å². The van der Waals surface area contributed by atoms with Crippen LogP contribution in [0, 0.1) is 0 Å². The number of rotatable bonds is 7. The van der Waals surface area contributed by atoms with Gasteiger partial charge in [-0.2, -0.15) is 0 Å². The highest BCUT2D eigenvalue weighted by Gasteiger charge is 2.38. The van der Waals surface area contributed by atoms with Crippen molar-refractivity contribution in [3.8, 4) is 0 Å². The molecule has 1 amide bonds. The van der Waals surface area contributed by atoms with Gasteiger partial charge in [0.1, 0.15) is 5.76 Å². The van der Waals surface area contributed by atoms with Crippen molar-refractivity contribution in [3.05, 3.63) is 71.9 Å². The number of imidazole rings is 1. The average Bonchev–Trinajstić information content (AvgIpc) is 3.29. The Morgan fingerprint density at radius 2 is 2.07 bits per heavy atom. The van der Waals surface area contributed by atoms with Gasteiger partial charge in [-0.1, -0.05) is 48.5 Å². The number of nitrogens with zero attached hydrogens (tertiary/aromatic N) is 2. The number of carbonyl (C=O) groups is 1. The molecule has 0 radical (unpaired) electrons. The summed E-state index contributed by atoms with van der Waals surface area (Å²) in [5.74, 6) is 1.64. The molecule has 140 valence electrons. The van der Waals surface area contributed by atoms with E-state index in [-0.39, 0.29) is 11.3 Å². The van der Waals surface area contributed by atoms with Crippen molar-refractivity contribution in [1.29, 1.82) is 0 Å². The van der Waals surface area contributed by atoms with Crippen LogP contribution in [0.2, 0.25) is 0 Å². The number of amides is 1. The molecule has 0 unspecified atom stereocenters. The summed E-state index contributed by atoms with van der Waals surface area (Å²) in [6, 6.07) is 14.1. The Morgan fingerprint density at radius 1 is 1.26 bits per heavy atom. The van der Waals surface area contributed by atoms with Gasteiger partial charge in [0.15, 0.2) is 10.9 Å². The first kappa shape index (κ1) is 17.9. The van der Waals surface area contributed by atoms with Crippen LogP contribution in [0.5, 0.6) is 0 Å². The minimum atomic E-state index is -0.148. The Kier molecular flexibility index (Phi) is 5.07. The third kappa shape index (κ3) is 3.81. The average molecular weight is 382 g/mol. The van der Waals surface area contributed by atoms with E-state index >= 15 is 0 Å². The fourth-order valence-corrected chi connectivity index (χ4v) is 4.33. The molecule has 1 fully saturated rings. The second kappa shape index (κ2) is 7.64. The molecule has 1 saturated carbocycles. The molecule has 3 aromatic rings. The molecule has 27 heavy (non-hydrogen) atoms. The van der Waals surface area contributed by atoms with Gasteiger partial charge in [0.05, 0.1) is 5.75 Å². The molecule has 6 heteroatoms. The summed E-state index contributed by atoms with van der Waals surface area (Å²) in [7, 11) is 1.96. The summed E-state index contributed by atoms with van der Waals surface area (Å²) in [6.07, 6.45) is 7.11. The van der Waals surface area contributed by atoms with Gasteiger partial charge in [0.25, 0.3) is 5.91 Å². The number of carbonyl (C=O) groups excluding carboxylic acids is 1. The largest absolute Gasteiger partial charge is 0.455 e. The fourth-order valence-electron chi connectivity index (χ4n) is 3.50. The number of aryl methyl sites for hydroxylation is 1. The lowest BCUT2D eigenvalue weighted by Gasteiger charge is -2.42. The summed E-state index contributed by atoms with van der Waals surface area (Å²) < 4.78 is 7.70. The normalized spacial score (nSPS) is 15.3. The van der Waals surface area contributed by atoms with Crippen LogP contribution in [0.3, 0.4) is 0 Å². The highest BCUT2D eigenvalue weighted by molar-refractivity contribution is 7.98. The maximum Gasteiger partial charge on any atom is 0.287 e. The molecule has 1 aliphatic carbocycles. The third-order valence-electron chi connectivity index (χ3n) is 5.29. The number of benzene rings is 1. The maximum absolute atomic E-state index is 12.5. The van der Waals surface area contributed by atoms with Gasteiger partial charge in [-0.15, -0.1) is 0 Å². The van der Waals surface area contributed by atoms with E-state index in [9.17, 15) is 4.79 Å². The monoisotopic (exact) mass is 381 g/mol. The van der Waals surface area contributed by atoms with Crippen LogP contribution < -0.4 is 5.32 Å². The van der Waals surface area contributed by atoms with Gasteiger partial charge in [-0.05, 0) is 30.5 Å². The molecule has 2 heterocycles. The molecule has 1 aromatic carbocycles. The minimum absolute atomic E-state index is 0.0698. The minimum Gasteiger partial charge on any atom is -0.455 e. The van der Waals surface area contributed by atoms with E-state index in [2.05, 4.69) is 34.6 Å². The van der Waals surface area contributed by atoms with E-state index in [4.69, 9.17) is 4.42 Å². The quantitative estimate of drug-likeness (QED) is 0.625. The zero-order valence-electron chi connectivity index (χ0n) is 15.4. The predicted octanol–water partition coefficient (Wildman–Crippen LogP) is 4.16. The van der Waals surface area contributed by atoms with Gasteiger partial charge in [0.2, 0.25) is 0 Å². The highest BCUT2D eigenvalue weighted by Crippen LogP contribution is 2.43. The van der Waals surface area contributed by atoms with Gasteiger partial charge in [-0.25, -0.2) is 4.98 Å². The Labute approximate surface area is 163 Å². The molecule has 2 aromatic heterocycles. The van der Waals surface area contributed by atoms with Crippen molar-refractivity contribution in [2.75, 3.05) is 6.54 Å². The summed E-state index contributed by atoms with van der Waals surface area (Å²) >= 11 is 1.59. The standard InChI is InChI=1S/C21H23N3O2S/c1-24-13-12-22-20(24)27-14-17-8-9-18(26-17)19(25)23-15-21(10-5-11-21)16-6-3-2-4-7-16/h2-4,6-9,12-13H,5,10-11,14-15H2,1H3,(H,23,25). The fraction of sp³-hybridized carbons (Fsp3) is 0.333. The van der Waals surface area contributed by atoms with Crippen LogP contribution in [0.4, 0.5) is 0 Å². The third-order valence-corrected chi connectivity index (χ3v) is 6.37. The highest BCUT2D eigenvalue weighted by atomic mass is 32.2. The number of hydrogen-bond acceptors (Lipinski definition) is 4. The molecular formula is C21H23N3O2S. The second-order valence-corrected chi connectivity index (χ2v) is 8.00. The Balaban J connectivity index is 1.35. The summed E-state index contributed by atoms with van der Waals surface area (Å²) in [5, 5.41) is 4.00. The van der Waals surface area contributed by atoms with Gasteiger partial charge in [-0.3, -0.25) is 4.79 Å². The lowest BCUT2D eigenvalue weighted by molar-refractivity contribution is 0.0898. The first-order valence-electron chi connectivity index (χ1n) is 9.19. The van der Waals surface area contributed by atoms with Crippen molar-refractivity contribution in [1.82, 2.24) is 14.9 Å². The van der Waals surface area contributed by atoms with Crippen LogP contribution in [-0.2, 0) is 18.2 Å². The molecule has 0 bridgehead atoms. The maximum atomic E-state index is 12.5. The molecule has 0 spiro atoms. The topological polar surface area (TPSA) is 60.1 Å². The molecular weight excluding hydrogens is 358 g/mol. The molecule has 1 N–H and O–H groups in total. The first-order valence-corrected chi connectivity index (χ1v) is 10.2. The molecule has 5 nitrogen and oxygen atoms in total. The van der Waals surface area contributed by atoms with Crippen LogP contribution in [0.15, 0.2) is 64.4 Å². The number of furan rings is 1. The van der Waals surface area contributed by atoms with E-state index in [1.54, 1.807) is 24.0 Å². The number of thioether (sulfide) groups is 1. The lowest BCUT2D eigenvalue weighted by atomic mass is 9.64. The molecule has 0 aliphatic heterocycles. The summed E-state index contributed by atoms with van der Waals surface area (Å²) in [5.41, 5.74) is 1.38. The van der Waals surface area contributed by atoms with Crippen molar-refractivity contribution in [2.24, 2.45) is 7.05 Å². The van der Waals surface area contributed by atoms with E-state index in [1.807, 2.05) is 29.9 Å². The van der Waals surface area contributed by atoms with Crippen LogP contribution in [0.25, 0.3) is 0 Å². The van der Waals surface area contributed by atoms with Gasteiger partial charge in [0, 0.05) is 31.4 Å². The number of nitrogens with one attached hydrogen (secondary N) is 1. The number of hydrogen-bond donors (Lipinski definition) is 1. The number of aromatic nitrogens is 2. The lowest BCUT2D eigenvalue weighted by Crippen LogP contribution is -2.45. The molecule has 0 saturated heterocycles. The summed E-state index contributed by atoms with van der Waals surface area (Å²) in [4.78, 5) is 16.8. The zero-order chi connectivity index (χ0) is 18.7. The van der Waals surface area contributed by atoms with E-state index < -0.39 is 0 Å². The Morgan fingerprint density at radius 3 is 2.74 bits per heavy atom. The van der Waals surface area contributed by atoms with Gasteiger partial charge >= 0.3 is 0 Å². The smallest absolute Gasteiger partial charge is 0.287 e. The van der Waals surface area contributed by atoms with Crippen molar-refractivity contribution >= 4 is 17.7 Å². The predicted molar refractivity (Wildman–Crippen MR) is 106 cm³/mol. The van der Waals surface area contributed by atoms with Crippen molar-refractivity contribution < 1.29 is 9.21 Å². The van der Waals surface area contributed by atoms with Gasteiger partial charge < -0.3 is 14.3 Å². The van der Waals surface area contributed by atoms with Crippen LogP contribution >= 0.6 is 11.8 Å². The second-order valence-electron chi connectivity index (χ2n) is 7.06. The van der Waals surface area contributed by atoms with E-state index in [0.29, 0.717) is 18.1 Å². The van der Waals surface area contributed by atoms with E-state index in [1.165, 1.54) is 12.0 Å². The van der Waals surface area contributed by atoms with Crippen LogP contribution in [0.1, 0.15) is 41.1 Å². The van der Waals surface area contributed by atoms with Crippen molar-refractivity contribution in [3.63, 3.8) is 0 Å². The summed E-state index contributed by atoms with van der Waals surface area (Å²) in [6.45, 7) is 0.647. The molecule has 1 aliphatic rings. The first-order chi connectivity index (χ1) is 13.2. The Bertz CT molecular complexity index is 912. The molecule has 0 atom stereocenters. The Hall–Kier alpha value is -2.47. The molecule has 4 rings (SSSR count). The zero-order valence-corrected chi connectivity index (χ0v) is 16.2.